The molecule has 0 aliphatic carbocycles. The predicted molar refractivity (Wildman–Crippen MR) is 109 cm³/mol. The standard InChI is InChI=1S/C21H21ClFN3O3/c1-29-16-5-2-14(3-6-16)24-8-10-25(11-9-24)19-13-20(27)26(21(19)28)15-4-7-18(23)17(22)12-15/h2-7,12,19H,8-11,13H2,1H3. The van der Waals surface area contributed by atoms with E-state index < -0.39 is 11.9 Å². The second-order valence-electron chi connectivity index (χ2n) is 7.11. The lowest BCUT2D eigenvalue weighted by Crippen LogP contribution is -2.52. The van der Waals surface area contributed by atoms with Crippen molar-refractivity contribution in [1.82, 2.24) is 4.90 Å². The summed E-state index contributed by atoms with van der Waals surface area (Å²) in [4.78, 5) is 30.8. The fourth-order valence-electron chi connectivity index (χ4n) is 3.88. The first kappa shape index (κ1) is 19.7. The van der Waals surface area contributed by atoms with Crippen molar-refractivity contribution in [2.24, 2.45) is 0 Å². The molecular weight excluding hydrogens is 397 g/mol. The summed E-state index contributed by atoms with van der Waals surface area (Å²) in [6, 6.07) is 11.3. The summed E-state index contributed by atoms with van der Waals surface area (Å²) in [5, 5.41) is -0.111. The number of piperazine rings is 1. The summed E-state index contributed by atoms with van der Waals surface area (Å²) in [7, 11) is 1.64. The van der Waals surface area contributed by atoms with Gasteiger partial charge in [-0.05, 0) is 42.5 Å². The van der Waals surface area contributed by atoms with Gasteiger partial charge in [-0.3, -0.25) is 14.5 Å². The van der Waals surface area contributed by atoms with E-state index in [9.17, 15) is 14.0 Å². The number of halogens is 2. The van der Waals surface area contributed by atoms with Gasteiger partial charge in [0.05, 0.1) is 30.3 Å². The highest BCUT2D eigenvalue weighted by atomic mass is 35.5. The second kappa shape index (κ2) is 8.00. The molecule has 2 aliphatic rings. The Morgan fingerprint density at radius 1 is 1.00 bits per heavy atom. The van der Waals surface area contributed by atoms with Crippen LogP contribution in [0.25, 0.3) is 0 Å². The average molecular weight is 418 g/mol. The molecule has 29 heavy (non-hydrogen) atoms. The van der Waals surface area contributed by atoms with Gasteiger partial charge in [0.1, 0.15) is 11.6 Å². The number of ether oxygens (including phenoxy) is 1. The van der Waals surface area contributed by atoms with Crippen molar-refractivity contribution in [3.63, 3.8) is 0 Å². The molecule has 2 fully saturated rings. The van der Waals surface area contributed by atoms with Crippen LogP contribution in [0.1, 0.15) is 6.42 Å². The minimum Gasteiger partial charge on any atom is -0.497 e. The number of anilines is 2. The van der Waals surface area contributed by atoms with E-state index in [4.69, 9.17) is 16.3 Å². The Morgan fingerprint density at radius 2 is 1.66 bits per heavy atom. The summed E-state index contributed by atoms with van der Waals surface area (Å²) < 4.78 is 18.6. The Balaban J connectivity index is 1.42. The van der Waals surface area contributed by atoms with Crippen molar-refractivity contribution in [3.8, 4) is 5.75 Å². The zero-order valence-electron chi connectivity index (χ0n) is 16.0. The van der Waals surface area contributed by atoms with E-state index in [1.807, 2.05) is 29.2 Å². The van der Waals surface area contributed by atoms with Crippen LogP contribution in [0.4, 0.5) is 15.8 Å². The lowest BCUT2D eigenvalue weighted by molar-refractivity contribution is -0.123. The summed E-state index contributed by atoms with van der Waals surface area (Å²) in [6.07, 6.45) is 0.121. The summed E-state index contributed by atoms with van der Waals surface area (Å²) >= 11 is 5.82. The molecule has 2 aromatic rings. The first-order chi connectivity index (χ1) is 14.0. The molecule has 8 heteroatoms. The second-order valence-corrected chi connectivity index (χ2v) is 7.51. The highest BCUT2D eigenvalue weighted by molar-refractivity contribution is 6.31. The third kappa shape index (κ3) is 3.80. The normalized spacial score (nSPS) is 20.4. The maximum absolute atomic E-state index is 13.4. The minimum absolute atomic E-state index is 0.111. The van der Waals surface area contributed by atoms with E-state index in [-0.39, 0.29) is 23.3 Å². The van der Waals surface area contributed by atoms with Crippen LogP contribution < -0.4 is 14.5 Å². The summed E-state index contributed by atoms with van der Waals surface area (Å²) in [6.45, 7) is 2.86. The van der Waals surface area contributed by atoms with Crippen molar-refractivity contribution in [2.45, 2.75) is 12.5 Å². The number of nitrogens with zero attached hydrogens (tertiary/aromatic N) is 3. The van der Waals surface area contributed by atoms with Gasteiger partial charge in [0.2, 0.25) is 5.91 Å². The Labute approximate surface area is 173 Å². The van der Waals surface area contributed by atoms with Crippen LogP contribution in [0.3, 0.4) is 0 Å². The number of hydrogen-bond donors (Lipinski definition) is 0. The molecule has 1 unspecified atom stereocenters. The van der Waals surface area contributed by atoms with Crippen LogP contribution in [-0.4, -0.2) is 56.0 Å². The largest absolute Gasteiger partial charge is 0.497 e. The molecule has 2 aromatic carbocycles. The molecule has 6 nitrogen and oxygen atoms in total. The van der Waals surface area contributed by atoms with Crippen LogP contribution in [0, 0.1) is 5.82 Å². The molecule has 0 radical (unpaired) electrons. The fourth-order valence-corrected chi connectivity index (χ4v) is 4.06. The number of methoxy groups -OCH3 is 1. The molecule has 4 rings (SSSR count). The van der Waals surface area contributed by atoms with Gasteiger partial charge >= 0.3 is 0 Å². The number of amides is 2. The van der Waals surface area contributed by atoms with E-state index in [0.717, 1.165) is 29.4 Å². The van der Waals surface area contributed by atoms with Gasteiger partial charge in [-0.25, -0.2) is 9.29 Å². The first-order valence-electron chi connectivity index (χ1n) is 9.43. The number of imide groups is 1. The predicted octanol–water partition coefficient (Wildman–Crippen LogP) is 2.94. The van der Waals surface area contributed by atoms with Crippen molar-refractivity contribution in [1.29, 1.82) is 0 Å². The van der Waals surface area contributed by atoms with Gasteiger partial charge < -0.3 is 9.64 Å². The highest BCUT2D eigenvalue weighted by Gasteiger charge is 2.43. The number of carbonyl (C=O) groups is 2. The molecule has 152 valence electrons. The molecule has 0 aromatic heterocycles. The third-order valence-corrected chi connectivity index (χ3v) is 5.77. The van der Waals surface area contributed by atoms with Gasteiger partial charge in [-0.1, -0.05) is 11.6 Å². The molecule has 0 saturated carbocycles. The Kier molecular flexibility index (Phi) is 5.43. The first-order valence-corrected chi connectivity index (χ1v) is 9.80. The van der Waals surface area contributed by atoms with Crippen molar-refractivity contribution >= 4 is 34.8 Å². The molecule has 2 aliphatic heterocycles. The number of hydrogen-bond acceptors (Lipinski definition) is 5. The van der Waals surface area contributed by atoms with E-state index in [2.05, 4.69) is 4.90 Å². The Hall–Kier alpha value is -2.64. The number of rotatable bonds is 4. The smallest absolute Gasteiger partial charge is 0.251 e. The molecule has 1 atom stereocenters. The maximum atomic E-state index is 13.4. The van der Waals surface area contributed by atoms with E-state index in [1.165, 1.54) is 18.2 Å². The zero-order chi connectivity index (χ0) is 20.5. The SMILES string of the molecule is COc1ccc(N2CCN(C3CC(=O)N(c4ccc(F)c(Cl)c4)C3=O)CC2)cc1. The van der Waals surface area contributed by atoms with Gasteiger partial charge in [0.15, 0.2) is 0 Å². The van der Waals surface area contributed by atoms with Crippen molar-refractivity contribution in [2.75, 3.05) is 43.1 Å². The van der Waals surface area contributed by atoms with Crippen LogP contribution in [-0.2, 0) is 9.59 Å². The number of benzene rings is 2. The minimum atomic E-state index is -0.583. The average Bonchev–Trinajstić information content (AvgIpc) is 3.04. The Morgan fingerprint density at radius 3 is 2.28 bits per heavy atom. The molecule has 2 saturated heterocycles. The van der Waals surface area contributed by atoms with Gasteiger partial charge in [0, 0.05) is 31.9 Å². The van der Waals surface area contributed by atoms with Gasteiger partial charge in [0.25, 0.3) is 5.91 Å². The monoisotopic (exact) mass is 417 g/mol. The number of carbonyl (C=O) groups excluding carboxylic acids is 2. The summed E-state index contributed by atoms with van der Waals surface area (Å²) in [5.74, 6) is -0.347. The lowest BCUT2D eigenvalue weighted by Gasteiger charge is -2.38. The maximum Gasteiger partial charge on any atom is 0.251 e. The Bertz CT molecular complexity index is 929. The van der Waals surface area contributed by atoms with Crippen LogP contribution in [0.5, 0.6) is 5.75 Å². The van der Waals surface area contributed by atoms with Crippen LogP contribution in [0.2, 0.25) is 5.02 Å². The zero-order valence-corrected chi connectivity index (χ0v) is 16.7. The van der Waals surface area contributed by atoms with E-state index in [0.29, 0.717) is 18.8 Å². The molecule has 0 spiro atoms. The third-order valence-electron chi connectivity index (χ3n) is 5.48. The summed E-state index contributed by atoms with van der Waals surface area (Å²) in [5.41, 5.74) is 1.41. The quantitative estimate of drug-likeness (QED) is 0.716. The topological polar surface area (TPSA) is 53.1 Å². The van der Waals surface area contributed by atoms with Gasteiger partial charge in [-0.2, -0.15) is 0 Å². The van der Waals surface area contributed by atoms with Crippen molar-refractivity contribution < 1.29 is 18.7 Å². The fraction of sp³-hybridized carbons (Fsp3) is 0.333. The van der Waals surface area contributed by atoms with E-state index >= 15 is 0 Å². The lowest BCUT2D eigenvalue weighted by atomic mass is 10.1. The molecular formula is C21H21ClFN3O3. The van der Waals surface area contributed by atoms with Gasteiger partial charge in [-0.15, -0.1) is 0 Å². The highest BCUT2D eigenvalue weighted by Crippen LogP contribution is 2.30. The molecule has 2 heterocycles. The van der Waals surface area contributed by atoms with Crippen molar-refractivity contribution in [3.05, 3.63) is 53.3 Å². The van der Waals surface area contributed by atoms with E-state index in [1.54, 1.807) is 7.11 Å². The molecule has 0 N–H and O–H groups in total. The molecule has 0 bridgehead atoms. The van der Waals surface area contributed by atoms with Crippen LogP contribution >= 0.6 is 11.6 Å². The van der Waals surface area contributed by atoms with Crippen LogP contribution in [0.15, 0.2) is 42.5 Å². The molecule has 2 amide bonds.